The Labute approximate surface area is 154 Å². The second-order valence-corrected chi connectivity index (χ2v) is 5.31. The molecular weight excluding hydrogens is 349 g/mol. The standard InChI is InChI=1S/C17H21N3O2.2ClH/c1-12(13(2)18)17(21)20-15-6-3-7-16(9-15)22-11-14-5-4-8-19-10-14;;/h3-10,12-13H,11,18H2,1-2H3,(H,20,21);2*1H. The Morgan fingerprint density at radius 2 is 2.00 bits per heavy atom. The summed E-state index contributed by atoms with van der Waals surface area (Å²) in [5, 5.41) is 2.85. The maximum absolute atomic E-state index is 12.0. The fourth-order valence-corrected chi connectivity index (χ4v) is 1.81. The monoisotopic (exact) mass is 371 g/mol. The summed E-state index contributed by atoms with van der Waals surface area (Å²) in [6, 6.07) is 10.9. The average molecular weight is 372 g/mol. The summed E-state index contributed by atoms with van der Waals surface area (Å²) in [7, 11) is 0. The Morgan fingerprint density at radius 3 is 2.62 bits per heavy atom. The third kappa shape index (κ3) is 6.74. The van der Waals surface area contributed by atoms with Gasteiger partial charge < -0.3 is 15.8 Å². The number of nitrogens with zero attached hydrogens (tertiary/aromatic N) is 1. The van der Waals surface area contributed by atoms with Crippen molar-refractivity contribution in [3.05, 3.63) is 54.4 Å². The van der Waals surface area contributed by atoms with E-state index in [2.05, 4.69) is 10.3 Å². The third-order valence-electron chi connectivity index (χ3n) is 3.43. The molecule has 0 bridgehead atoms. The van der Waals surface area contributed by atoms with Crippen LogP contribution in [0.25, 0.3) is 0 Å². The molecule has 2 rings (SSSR count). The van der Waals surface area contributed by atoms with Gasteiger partial charge in [0.15, 0.2) is 0 Å². The quantitative estimate of drug-likeness (QED) is 0.815. The molecule has 0 fully saturated rings. The summed E-state index contributed by atoms with van der Waals surface area (Å²) in [6.45, 7) is 4.06. The van der Waals surface area contributed by atoms with Crippen LogP contribution in [0.3, 0.4) is 0 Å². The van der Waals surface area contributed by atoms with Crippen molar-refractivity contribution in [2.45, 2.75) is 26.5 Å². The van der Waals surface area contributed by atoms with E-state index in [1.807, 2.05) is 44.2 Å². The van der Waals surface area contributed by atoms with Crippen LogP contribution in [0.15, 0.2) is 48.8 Å². The van der Waals surface area contributed by atoms with Crippen molar-refractivity contribution < 1.29 is 9.53 Å². The Hall–Kier alpha value is -1.82. The normalized spacial score (nSPS) is 12.1. The zero-order valence-electron chi connectivity index (χ0n) is 13.6. The van der Waals surface area contributed by atoms with E-state index in [1.54, 1.807) is 18.5 Å². The molecule has 0 saturated carbocycles. The maximum atomic E-state index is 12.0. The molecule has 3 N–H and O–H groups in total. The van der Waals surface area contributed by atoms with E-state index >= 15 is 0 Å². The number of pyridine rings is 1. The summed E-state index contributed by atoms with van der Waals surface area (Å²) in [5.41, 5.74) is 7.43. The molecule has 7 heteroatoms. The van der Waals surface area contributed by atoms with Gasteiger partial charge in [0.25, 0.3) is 0 Å². The number of carbonyl (C=O) groups excluding carboxylic acids is 1. The second kappa shape index (κ2) is 10.9. The van der Waals surface area contributed by atoms with E-state index in [0.717, 1.165) is 5.56 Å². The Kier molecular flexibility index (Phi) is 10.0. The van der Waals surface area contributed by atoms with Crippen molar-refractivity contribution in [1.82, 2.24) is 4.98 Å². The van der Waals surface area contributed by atoms with E-state index in [-0.39, 0.29) is 42.7 Å². The molecule has 132 valence electrons. The highest BCUT2D eigenvalue weighted by molar-refractivity contribution is 5.92. The smallest absolute Gasteiger partial charge is 0.228 e. The van der Waals surface area contributed by atoms with Crippen LogP contribution in [0.4, 0.5) is 5.69 Å². The maximum Gasteiger partial charge on any atom is 0.228 e. The van der Waals surface area contributed by atoms with Crippen LogP contribution in [-0.2, 0) is 11.4 Å². The van der Waals surface area contributed by atoms with E-state index in [4.69, 9.17) is 10.5 Å². The molecule has 1 aromatic heterocycles. The summed E-state index contributed by atoms with van der Waals surface area (Å²) >= 11 is 0. The van der Waals surface area contributed by atoms with Crippen LogP contribution in [0, 0.1) is 5.92 Å². The minimum Gasteiger partial charge on any atom is -0.489 e. The minimum atomic E-state index is -0.250. The van der Waals surface area contributed by atoms with E-state index in [1.165, 1.54) is 0 Å². The molecule has 5 nitrogen and oxygen atoms in total. The van der Waals surface area contributed by atoms with E-state index in [9.17, 15) is 4.79 Å². The molecule has 1 amide bonds. The second-order valence-electron chi connectivity index (χ2n) is 5.31. The molecule has 0 radical (unpaired) electrons. The fourth-order valence-electron chi connectivity index (χ4n) is 1.81. The lowest BCUT2D eigenvalue weighted by Gasteiger charge is -2.15. The number of nitrogens with two attached hydrogens (primary N) is 1. The molecule has 2 unspecified atom stereocenters. The van der Waals surface area contributed by atoms with Crippen molar-refractivity contribution >= 4 is 36.4 Å². The molecule has 2 atom stereocenters. The van der Waals surface area contributed by atoms with Crippen LogP contribution in [0.1, 0.15) is 19.4 Å². The average Bonchev–Trinajstić information content (AvgIpc) is 2.53. The molecular formula is C17H23Cl2N3O2. The zero-order chi connectivity index (χ0) is 15.9. The molecule has 0 spiro atoms. The number of amides is 1. The number of hydrogen-bond donors (Lipinski definition) is 2. The number of benzene rings is 1. The number of hydrogen-bond acceptors (Lipinski definition) is 4. The number of ether oxygens (including phenoxy) is 1. The Balaban J connectivity index is 0.00000264. The summed E-state index contributed by atoms with van der Waals surface area (Å²) in [5.74, 6) is 0.342. The lowest BCUT2D eigenvalue weighted by atomic mass is 10.0. The molecule has 0 aliphatic heterocycles. The highest BCUT2D eigenvalue weighted by Gasteiger charge is 2.17. The first kappa shape index (κ1) is 22.2. The van der Waals surface area contributed by atoms with Crippen molar-refractivity contribution in [3.8, 4) is 5.75 Å². The number of nitrogens with one attached hydrogen (secondary N) is 1. The minimum absolute atomic E-state index is 0. The van der Waals surface area contributed by atoms with Crippen molar-refractivity contribution in [1.29, 1.82) is 0 Å². The van der Waals surface area contributed by atoms with Crippen molar-refractivity contribution in [3.63, 3.8) is 0 Å². The third-order valence-corrected chi connectivity index (χ3v) is 3.43. The van der Waals surface area contributed by atoms with E-state index < -0.39 is 0 Å². The van der Waals surface area contributed by atoms with Crippen LogP contribution < -0.4 is 15.8 Å². The van der Waals surface area contributed by atoms with Gasteiger partial charge in [-0.2, -0.15) is 0 Å². The number of rotatable bonds is 6. The van der Waals surface area contributed by atoms with Crippen LogP contribution >= 0.6 is 24.8 Å². The predicted molar refractivity (Wildman–Crippen MR) is 101 cm³/mol. The van der Waals surface area contributed by atoms with Crippen molar-refractivity contribution in [2.75, 3.05) is 5.32 Å². The predicted octanol–water partition coefficient (Wildman–Crippen LogP) is 3.43. The van der Waals surface area contributed by atoms with Gasteiger partial charge in [0, 0.05) is 35.8 Å². The van der Waals surface area contributed by atoms with Gasteiger partial charge in [-0.25, -0.2) is 0 Å². The van der Waals surface area contributed by atoms with Crippen LogP contribution in [-0.4, -0.2) is 16.9 Å². The highest BCUT2D eigenvalue weighted by Crippen LogP contribution is 2.19. The van der Waals surface area contributed by atoms with Gasteiger partial charge >= 0.3 is 0 Å². The lowest BCUT2D eigenvalue weighted by Crippen LogP contribution is -2.34. The van der Waals surface area contributed by atoms with Gasteiger partial charge in [0.1, 0.15) is 12.4 Å². The molecule has 1 heterocycles. The number of aromatic nitrogens is 1. The SMILES string of the molecule is CC(N)C(C)C(=O)Nc1cccc(OCc2cccnc2)c1.Cl.Cl. The zero-order valence-corrected chi connectivity index (χ0v) is 15.3. The number of carbonyl (C=O) groups is 1. The largest absolute Gasteiger partial charge is 0.489 e. The Bertz CT molecular complexity index is 624. The molecule has 1 aromatic carbocycles. The first-order chi connectivity index (χ1) is 10.6. The number of anilines is 1. The lowest BCUT2D eigenvalue weighted by molar-refractivity contribution is -0.119. The van der Waals surface area contributed by atoms with Gasteiger partial charge in [-0.1, -0.05) is 19.1 Å². The van der Waals surface area contributed by atoms with Crippen LogP contribution in [0.5, 0.6) is 5.75 Å². The van der Waals surface area contributed by atoms with Crippen molar-refractivity contribution in [2.24, 2.45) is 11.7 Å². The van der Waals surface area contributed by atoms with E-state index in [0.29, 0.717) is 18.0 Å². The molecule has 0 saturated heterocycles. The molecule has 24 heavy (non-hydrogen) atoms. The Morgan fingerprint density at radius 1 is 1.25 bits per heavy atom. The molecule has 2 aromatic rings. The van der Waals surface area contributed by atoms with Crippen LogP contribution in [0.2, 0.25) is 0 Å². The van der Waals surface area contributed by atoms with Gasteiger partial charge in [0.2, 0.25) is 5.91 Å². The first-order valence-electron chi connectivity index (χ1n) is 7.24. The summed E-state index contributed by atoms with van der Waals surface area (Å²) in [6.07, 6.45) is 3.48. The molecule has 0 aliphatic carbocycles. The highest BCUT2D eigenvalue weighted by atomic mass is 35.5. The van der Waals surface area contributed by atoms with Gasteiger partial charge in [0.05, 0.1) is 5.92 Å². The topological polar surface area (TPSA) is 77.2 Å². The fraction of sp³-hybridized carbons (Fsp3) is 0.294. The summed E-state index contributed by atoms with van der Waals surface area (Å²) in [4.78, 5) is 16.0. The summed E-state index contributed by atoms with van der Waals surface area (Å²) < 4.78 is 5.71. The number of halogens is 2. The first-order valence-corrected chi connectivity index (χ1v) is 7.24. The van der Waals surface area contributed by atoms with Gasteiger partial charge in [-0.15, -0.1) is 24.8 Å². The van der Waals surface area contributed by atoms with Gasteiger partial charge in [-0.05, 0) is 25.1 Å². The van der Waals surface area contributed by atoms with Gasteiger partial charge in [-0.3, -0.25) is 9.78 Å². The molecule has 0 aliphatic rings.